The van der Waals surface area contributed by atoms with Crippen LogP contribution in [0.2, 0.25) is 0 Å². The lowest BCUT2D eigenvalue weighted by Gasteiger charge is -2.31. The van der Waals surface area contributed by atoms with Crippen molar-refractivity contribution in [2.75, 3.05) is 25.1 Å². The number of carbonyl (C=O) groups is 2. The smallest absolute Gasteiger partial charge is 0.289 e. The molecular weight excluding hydrogens is 440 g/mol. The van der Waals surface area contributed by atoms with Crippen molar-refractivity contribution in [1.29, 1.82) is 0 Å². The number of hydrogen-bond donors (Lipinski definition) is 1. The lowest BCUT2D eigenvalue weighted by atomic mass is 9.97. The van der Waals surface area contributed by atoms with Crippen LogP contribution in [0.4, 0.5) is 5.69 Å². The van der Waals surface area contributed by atoms with Gasteiger partial charge in [-0.3, -0.25) is 20.0 Å². The molecular formula is C23H22N6O3S. The second-order valence-corrected chi connectivity index (χ2v) is 8.83. The monoisotopic (exact) mass is 462 g/mol. The van der Waals surface area contributed by atoms with Crippen molar-refractivity contribution in [3.63, 3.8) is 0 Å². The summed E-state index contributed by atoms with van der Waals surface area (Å²) in [6.45, 7) is 1.27. The van der Waals surface area contributed by atoms with E-state index in [9.17, 15) is 9.59 Å². The summed E-state index contributed by atoms with van der Waals surface area (Å²) >= 11 is 1.50. The van der Waals surface area contributed by atoms with Crippen LogP contribution in [0.25, 0.3) is 11.0 Å². The average Bonchev–Trinajstić information content (AvgIpc) is 3.54. The Morgan fingerprint density at radius 3 is 2.64 bits per heavy atom. The lowest BCUT2D eigenvalue weighted by molar-refractivity contribution is 0.0713. The molecule has 5 rings (SSSR count). The van der Waals surface area contributed by atoms with Crippen LogP contribution in [0.15, 0.2) is 58.5 Å². The van der Waals surface area contributed by atoms with Gasteiger partial charge in [-0.2, -0.15) is 0 Å². The normalized spacial score (nSPS) is 14.4. The highest BCUT2D eigenvalue weighted by Crippen LogP contribution is 2.31. The zero-order valence-electron chi connectivity index (χ0n) is 18.0. The third-order valence-corrected chi connectivity index (χ3v) is 6.81. The first-order chi connectivity index (χ1) is 16.1. The molecule has 0 atom stereocenters. The first-order valence-corrected chi connectivity index (χ1v) is 11.5. The molecule has 1 saturated heterocycles. The molecule has 1 fully saturated rings. The van der Waals surface area contributed by atoms with E-state index in [1.165, 1.54) is 11.3 Å². The topological polar surface area (TPSA) is 104 Å². The Bertz CT molecular complexity index is 1280. The molecule has 0 aliphatic carbocycles. The average molecular weight is 463 g/mol. The summed E-state index contributed by atoms with van der Waals surface area (Å²) in [5.74, 6) is -0.0367. The number of thiazole rings is 1. The molecule has 1 aliphatic rings. The number of rotatable bonds is 5. The van der Waals surface area contributed by atoms with Gasteiger partial charge in [0.15, 0.2) is 0 Å². The molecule has 0 radical (unpaired) electrons. The highest BCUT2D eigenvalue weighted by atomic mass is 32.1. The summed E-state index contributed by atoms with van der Waals surface area (Å²) in [7, 11) is 1.80. The van der Waals surface area contributed by atoms with Gasteiger partial charge in [0, 0.05) is 37.0 Å². The molecule has 2 aromatic heterocycles. The van der Waals surface area contributed by atoms with Crippen molar-refractivity contribution < 1.29 is 14.2 Å². The summed E-state index contributed by atoms with van der Waals surface area (Å²) in [4.78, 5) is 32.0. The Morgan fingerprint density at radius 2 is 1.85 bits per heavy atom. The van der Waals surface area contributed by atoms with Crippen LogP contribution in [0, 0.1) is 0 Å². The zero-order chi connectivity index (χ0) is 22.8. The third kappa shape index (κ3) is 4.42. The van der Waals surface area contributed by atoms with E-state index in [0.29, 0.717) is 35.4 Å². The number of piperidine rings is 1. The van der Waals surface area contributed by atoms with Gasteiger partial charge in [-0.1, -0.05) is 18.2 Å². The van der Waals surface area contributed by atoms with Gasteiger partial charge in [-0.15, -0.1) is 11.3 Å². The quantitative estimate of drug-likeness (QED) is 0.453. The van der Waals surface area contributed by atoms with Crippen molar-refractivity contribution in [2.24, 2.45) is 0 Å². The molecule has 168 valence electrons. The van der Waals surface area contributed by atoms with E-state index in [1.54, 1.807) is 35.6 Å². The van der Waals surface area contributed by atoms with Gasteiger partial charge in [0.05, 0.1) is 10.7 Å². The van der Waals surface area contributed by atoms with E-state index in [1.807, 2.05) is 35.2 Å². The number of likely N-dealkylation sites (tertiary alicyclic amines) is 1. The maximum atomic E-state index is 12.9. The fourth-order valence-corrected chi connectivity index (χ4v) is 4.90. The van der Waals surface area contributed by atoms with Crippen LogP contribution >= 0.6 is 11.3 Å². The second-order valence-electron chi connectivity index (χ2n) is 7.94. The molecule has 10 heteroatoms. The fraction of sp³-hybridized carbons (Fsp3) is 0.261. The fourth-order valence-electron chi connectivity index (χ4n) is 3.93. The van der Waals surface area contributed by atoms with E-state index < -0.39 is 0 Å². The first kappa shape index (κ1) is 21.1. The number of aromatic nitrogens is 3. The Morgan fingerprint density at radius 1 is 1.09 bits per heavy atom. The van der Waals surface area contributed by atoms with E-state index in [2.05, 4.69) is 20.7 Å². The summed E-state index contributed by atoms with van der Waals surface area (Å²) < 4.78 is 4.71. The van der Waals surface area contributed by atoms with Crippen LogP contribution in [0.3, 0.4) is 0 Å². The molecule has 0 bridgehead atoms. The van der Waals surface area contributed by atoms with Crippen molar-refractivity contribution >= 4 is 39.9 Å². The first-order valence-electron chi connectivity index (χ1n) is 10.7. The molecule has 3 heterocycles. The van der Waals surface area contributed by atoms with Crippen molar-refractivity contribution in [1.82, 2.24) is 25.6 Å². The van der Waals surface area contributed by atoms with Gasteiger partial charge >= 0.3 is 0 Å². The van der Waals surface area contributed by atoms with E-state index in [-0.39, 0.29) is 17.7 Å². The van der Waals surface area contributed by atoms with Crippen LogP contribution < -0.4 is 10.4 Å². The summed E-state index contributed by atoms with van der Waals surface area (Å²) in [5.41, 5.74) is 5.92. The maximum Gasteiger partial charge on any atom is 0.289 e. The number of amides is 2. The predicted molar refractivity (Wildman–Crippen MR) is 124 cm³/mol. The molecule has 0 unspecified atom stereocenters. The predicted octanol–water partition coefficient (Wildman–Crippen LogP) is 3.48. The molecule has 0 spiro atoms. The van der Waals surface area contributed by atoms with Crippen molar-refractivity contribution in [3.05, 3.63) is 70.2 Å². The zero-order valence-corrected chi connectivity index (χ0v) is 18.8. The van der Waals surface area contributed by atoms with Gasteiger partial charge in [0.25, 0.3) is 11.8 Å². The lowest BCUT2D eigenvalue weighted by Crippen LogP contribution is -2.39. The Hall–Kier alpha value is -3.79. The number of hydrazine groups is 1. The number of fused-ring (bicyclic) bond motifs is 1. The van der Waals surface area contributed by atoms with Gasteiger partial charge in [-0.05, 0) is 53.5 Å². The Balaban J connectivity index is 1.18. The van der Waals surface area contributed by atoms with E-state index >= 15 is 0 Å². The molecule has 4 aromatic rings. The van der Waals surface area contributed by atoms with Gasteiger partial charge in [0.1, 0.15) is 16.7 Å². The van der Waals surface area contributed by atoms with Crippen LogP contribution in [-0.2, 0) is 0 Å². The SMILES string of the molecule is CN(NC(=O)c1csc(C2CCN(C(=O)c3ccc4nonc4c3)CC2)n1)c1ccccc1. The molecule has 1 aliphatic heterocycles. The van der Waals surface area contributed by atoms with Gasteiger partial charge < -0.3 is 4.90 Å². The van der Waals surface area contributed by atoms with Crippen LogP contribution in [0.1, 0.15) is 44.6 Å². The largest absolute Gasteiger partial charge is 0.339 e. The summed E-state index contributed by atoms with van der Waals surface area (Å²) in [6.07, 6.45) is 1.61. The minimum Gasteiger partial charge on any atom is -0.339 e. The Labute approximate surface area is 194 Å². The van der Waals surface area contributed by atoms with Crippen LogP contribution in [0.5, 0.6) is 0 Å². The number of para-hydroxylation sites is 1. The van der Waals surface area contributed by atoms with E-state index in [4.69, 9.17) is 4.63 Å². The Kier molecular flexibility index (Phi) is 5.74. The van der Waals surface area contributed by atoms with Gasteiger partial charge in [-0.25, -0.2) is 9.61 Å². The summed E-state index contributed by atoms with van der Waals surface area (Å²) in [5, 5.41) is 12.0. The molecule has 1 N–H and O–H groups in total. The number of carbonyl (C=O) groups excluding carboxylic acids is 2. The minimum atomic E-state index is -0.241. The highest BCUT2D eigenvalue weighted by Gasteiger charge is 2.27. The standard InChI is InChI=1S/C23H22N6O3S/c1-28(17-5-3-2-4-6-17)25-21(30)20-14-33-22(24-20)15-9-11-29(12-10-15)23(31)16-7-8-18-19(13-16)27-32-26-18/h2-8,13-15H,9-12H2,1H3,(H,25,30). The molecule has 9 nitrogen and oxygen atoms in total. The van der Waals surface area contributed by atoms with E-state index in [0.717, 1.165) is 23.5 Å². The molecule has 2 aromatic carbocycles. The van der Waals surface area contributed by atoms with Crippen molar-refractivity contribution in [2.45, 2.75) is 18.8 Å². The minimum absolute atomic E-state index is 0.0264. The van der Waals surface area contributed by atoms with Crippen molar-refractivity contribution in [3.8, 4) is 0 Å². The van der Waals surface area contributed by atoms with Gasteiger partial charge in [0.2, 0.25) is 0 Å². The number of nitrogens with zero attached hydrogens (tertiary/aromatic N) is 5. The second kappa shape index (κ2) is 8.99. The number of hydrogen-bond acceptors (Lipinski definition) is 8. The number of benzene rings is 2. The third-order valence-electron chi connectivity index (χ3n) is 5.80. The number of nitrogens with one attached hydrogen (secondary N) is 1. The summed E-state index contributed by atoms with van der Waals surface area (Å²) in [6, 6.07) is 14.8. The van der Waals surface area contributed by atoms with Crippen LogP contribution in [-0.4, -0.2) is 52.1 Å². The molecule has 0 saturated carbocycles. The molecule has 2 amide bonds. The maximum absolute atomic E-state index is 12.9. The highest BCUT2D eigenvalue weighted by molar-refractivity contribution is 7.09. The molecule has 33 heavy (non-hydrogen) atoms. The number of anilines is 1.